The van der Waals surface area contributed by atoms with Crippen molar-refractivity contribution in [2.75, 3.05) is 13.7 Å². The maximum absolute atomic E-state index is 5.73. The van der Waals surface area contributed by atoms with Gasteiger partial charge in [0.2, 0.25) is 0 Å². The maximum Gasteiger partial charge on any atom is 0.119 e. The van der Waals surface area contributed by atoms with Crippen LogP contribution >= 0.6 is 22.9 Å². The topological polar surface area (TPSA) is 31.4 Å². The van der Waals surface area contributed by atoms with Gasteiger partial charge in [-0.05, 0) is 24.1 Å². The van der Waals surface area contributed by atoms with Crippen molar-refractivity contribution in [1.29, 1.82) is 0 Å². The van der Waals surface area contributed by atoms with Gasteiger partial charge in [0.1, 0.15) is 5.75 Å². The summed E-state index contributed by atoms with van der Waals surface area (Å²) in [6.45, 7) is 1.34. The molecule has 1 aromatic carbocycles. The van der Waals surface area contributed by atoms with E-state index in [0.29, 0.717) is 12.5 Å². The molecule has 0 aliphatic carbocycles. The fourth-order valence-electron chi connectivity index (χ4n) is 1.80. The van der Waals surface area contributed by atoms with Crippen LogP contribution in [0.5, 0.6) is 5.75 Å². The van der Waals surface area contributed by atoms with Crippen molar-refractivity contribution in [2.45, 2.75) is 25.3 Å². The Balaban J connectivity index is 1.66. The van der Waals surface area contributed by atoms with Crippen molar-refractivity contribution < 1.29 is 9.47 Å². The highest BCUT2D eigenvalue weighted by atomic mass is 35.5. The van der Waals surface area contributed by atoms with Crippen LogP contribution in [-0.2, 0) is 23.6 Å². The predicted octanol–water partition coefficient (Wildman–Crippen LogP) is 4.04. The van der Waals surface area contributed by atoms with E-state index in [1.807, 2.05) is 29.6 Å². The van der Waals surface area contributed by atoms with E-state index in [-0.39, 0.29) is 0 Å². The van der Waals surface area contributed by atoms with E-state index in [4.69, 9.17) is 21.1 Å². The van der Waals surface area contributed by atoms with Crippen molar-refractivity contribution in [3.8, 4) is 5.75 Å². The lowest BCUT2D eigenvalue weighted by atomic mass is 10.2. The zero-order chi connectivity index (χ0) is 14.2. The number of rotatable bonds is 8. The minimum atomic E-state index is 0.489. The van der Waals surface area contributed by atoms with Gasteiger partial charge in [-0.25, -0.2) is 4.98 Å². The van der Waals surface area contributed by atoms with Crippen LogP contribution in [0.3, 0.4) is 0 Å². The van der Waals surface area contributed by atoms with Gasteiger partial charge in [-0.2, -0.15) is 0 Å². The van der Waals surface area contributed by atoms with Gasteiger partial charge < -0.3 is 9.47 Å². The summed E-state index contributed by atoms with van der Waals surface area (Å²) >= 11 is 7.39. The van der Waals surface area contributed by atoms with Crippen LogP contribution in [0.25, 0.3) is 0 Å². The number of alkyl halides is 1. The zero-order valence-electron chi connectivity index (χ0n) is 11.5. The fraction of sp³-hybridized carbons (Fsp3) is 0.400. The van der Waals surface area contributed by atoms with Gasteiger partial charge in [0.25, 0.3) is 0 Å². The number of aromatic nitrogens is 1. The van der Waals surface area contributed by atoms with E-state index in [1.165, 1.54) is 0 Å². The van der Waals surface area contributed by atoms with Crippen LogP contribution in [0.4, 0.5) is 0 Å². The van der Waals surface area contributed by atoms with Gasteiger partial charge in [0.05, 0.1) is 30.3 Å². The lowest BCUT2D eigenvalue weighted by Crippen LogP contribution is -1.98. The third kappa shape index (κ3) is 4.78. The van der Waals surface area contributed by atoms with Gasteiger partial charge >= 0.3 is 0 Å². The number of methoxy groups -OCH3 is 1. The fourth-order valence-corrected chi connectivity index (χ4v) is 2.87. The van der Waals surface area contributed by atoms with Crippen LogP contribution in [-0.4, -0.2) is 18.7 Å². The molecule has 0 bridgehead atoms. The van der Waals surface area contributed by atoms with E-state index in [9.17, 15) is 0 Å². The Bertz CT molecular complexity index is 530. The molecule has 108 valence electrons. The molecule has 1 heterocycles. The van der Waals surface area contributed by atoms with E-state index in [2.05, 4.69) is 4.98 Å². The number of benzene rings is 1. The maximum atomic E-state index is 5.73. The molecule has 20 heavy (non-hydrogen) atoms. The lowest BCUT2D eigenvalue weighted by Gasteiger charge is -2.05. The van der Waals surface area contributed by atoms with Crippen LogP contribution in [0.15, 0.2) is 29.6 Å². The average molecular weight is 312 g/mol. The number of halogens is 1. The molecular formula is C15H18ClNO2S. The first-order valence-electron chi connectivity index (χ1n) is 6.51. The van der Waals surface area contributed by atoms with Gasteiger partial charge in [0, 0.05) is 18.4 Å². The summed E-state index contributed by atoms with van der Waals surface area (Å²) in [7, 11) is 1.67. The Morgan fingerprint density at radius 3 is 3.00 bits per heavy atom. The predicted molar refractivity (Wildman–Crippen MR) is 82.6 cm³/mol. The summed E-state index contributed by atoms with van der Waals surface area (Å²) in [5.74, 6) is 1.35. The molecule has 0 fully saturated rings. The summed E-state index contributed by atoms with van der Waals surface area (Å²) in [5.41, 5.74) is 2.09. The largest absolute Gasteiger partial charge is 0.497 e. The molecular weight excluding hydrogens is 294 g/mol. The first kappa shape index (κ1) is 15.3. The third-order valence-corrected chi connectivity index (χ3v) is 4.05. The van der Waals surface area contributed by atoms with E-state index >= 15 is 0 Å². The van der Waals surface area contributed by atoms with Gasteiger partial charge in [-0.15, -0.1) is 22.9 Å². The number of hydrogen-bond acceptors (Lipinski definition) is 4. The molecule has 5 heteroatoms. The Labute approximate surface area is 128 Å². The SMILES string of the molecule is COc1cccc(COCCCc2nc(CCl)cs2)c1. The monoisotopic (exact) mass is 311 g/mol. The Morgan fingerprint density at radius 2 is 2.25 bits per heavy atom. The smallest absolute Gasteiger partial charge is 0.119 e. The zero-order valence-corrected chi connectivity index (χ0v) is 13.0. The molecule has 1 aromatic heterocycles. The molecule has 0 atom stereocenters. The molecule has 2 aromatic rings. The molecule has 0 saturated heterocycles. The standard InChI is InChI=1S/C15H18ClNO2S/c1-18-14-5-2-4-12(8-14)10-19-7-3-6-15-17-13(9-16)11-20-15/h2,4-5,8,11H,3,6-7,9-10H2,1H3. The van der Waals surface area contributed by atoms with Crippen LogP contribution < -0.4 is 4.74 Å². The normalized spacial score (nSPS) is 10.7. The number of aryl methyl sites for hydroxylation is 1. The number of nitrogens with zero attached hydrogens (tertiary/aromatic N) is 1. The number of thiazole rings is 1. The molecule has 0 saturated carbocycles. The molecule has 0 aliphatic heterocycles. The quantitative estimate of drug-likeness (QED) is 0.544. The van der Waals surface area contributed by atoms with E-state index in [1.54, 1.807) is 18.4 Å². The van der Waals surface area contributed by atoms with Crippen molar-refractivity contribution >= 4 is 22.9 Å². The molecule has 0 unspecified atom stereocenters. The highest BCUT2D eigenvalue weighted by molar-refractivity contribution is 7.09. The molecule has 2 rings (SSSR count). The minimum absolute atomic E-state index is 0.489. The summed E-state index contributed by atoms with van der Waals surface area (Å²) in [5, 5.41) is 3.14. The summed E-state index contributed by atoms with van der Waals surface area (Å²) in [6, 6.07) is 7.94. The first-order chi connectivity index (χ1) is 9.81. The summed E-state index contributed by atoms with van der Waals surface area (Å²) < 4.78 is 10.8. The lowest BCUT2D eigenvalue weighted by molar-refractivity contribution is 0.118. The molecule has 3 nitrogen and oxygen atoms in total. The molecule has 0 N–H and O–H groups in total. The third-order valence-electron chi connectivity index (χ3n) is 2.82. The van der Waals surface area contributed by atoms with Crippen LogP contribution in [0.1, 0.15) is 22.7 Å². The molecule has 0 aliphatic rings. The van der Waals surface area contributed by atoms with E-state index in [0.717, 1.165) is 41.5 Å². The van der Waals surface area contributed by atoms with Crippen molar-refractivity contribution in [1.82, 2.24) is 4.98 Å². The van der Waals surface area contributed by atoms with Gasteiger partial charge in [-0.1, -0.05) is 12.1 Å². The summed E-state index contributed by atoms with van der Waals surface area (Å²) in [4.78, 5) is 4.42. The second-order valence-electron chi connectivity index (χ2n) is 4.37. The Hall–Kier alpha value is -1.10. The van der Waals surface area contributed by atoms with Crippen LogP contribution in [0, 0.1) is 0 Å². The second-order valence-corrected chi connectivity index (χ2v) is 5.58. The molecule has 0 spiro atoms. The molecule has 0 radical (unpaired) electrons. The van der Waals surface area contributed by atoms with Crippen molar-refractivity contribution in [3.05, 3.63) is 45.9 Å². The Morgan fingerprint density at radius 1 is 1.35 bits per heavy atom. The van der Waals surface area contributed by atoms with Crippen LogP contribution in [0.2, 0.25) is 0 Å². The molecule has 0 amide bonds. The minimum Gasteiger partial charge on any atom is -0.497 e. The highest BCUT2D eigenvalue weighted by Crippen LogP contribution is 2.15. The number of ether oxygens (including phenoxy) is 2. The van der Waals surface area contributed by atoms with Gasteiger partial charge in [-0.3, -0.25) is 0 Å². The number of hydrogen-bond donors (Lipinski definition) is 0. The second kappa shape index (κ2) is 8.25. The Kier molecular flexibility index (Phi) is 6.30. The van der Waals surface area contributed by atoms with Crippen molar-refractivity contribution in [2.24, 2.45) is 0 Å². The van der Waals surface area contributed by atoms with E-state index < -0.39 is 0 Å². The first-order valence-corrected chi connectivity index (χ1v) is 7.93. The summed E-state index contributed by atoms with van der Waals surface area (Å²) in [6.07, 6.45) is 1.92. The highest BCUT2D eigenvalue weighted by Gasteiger charge is 2.01. The van der Waals surface area contributed by atoms with Gasteiger partial charge in [0.15, 0.2) is 0 Å². The van der Waals surface area contributed by atoms with Crippen molar-refractivity contribution in [3.63, 3.8) is 0 Å². The average Bonchev–Trinajstić information content (AvgIpc) is 2.95.